The number of rotatable bonds is 4. The summed E-state index contributed by atoms with van der Waals surface area (Å²) in [6, 6.07) is 7.73. The third-order valence-electron chi connectivity index (χ3n) is 1.97. The Hall–Kier alpha value is -0.910. The van der Waals surface area contributed by atoms with Gasteiger partial charge in [-0.1, -0.05) is 15.9 Å². The number of benzene rings is 1. The monoisotopic (exact) mass is 298 g/mol. The van der Waals surface area contributed by atoms with Crippen molar-refractivity contribution in [2.45, 2.75) is 13.2 Å². The SMILES string of the molecule is NCc1nc(COc2ccc(Br)cc2)cs1. The first-order chi connectivity index (χ1) is 7.78. The van der Waals surface area contributed by atoms with Gasteiger partial charge in [-0.25, -0.2) is 4.98 Å². The molecule has 0 aliphatic rings. The van der Waals surface area contributed by atoms with Crippen LogP contribution in [-0.4, -0.2) is 4.98 Å². The van der Waals surface area contributed by atoms with Crippen molar-refractivity contribution < 1.29 is 4.74 Å². The molecule has 0 aliphatic heterocycles. The molecule has 0 bridgehead atoms. The topological polar surface area (TPSA) is 48.1 Å². The molecule has 1 aromatic carbocycles. The summed E-state index contributed by atoms with van der Waals surface area (Å²) in [4.78, 5) is 4.32. The molecule has 0 saturated heterocycles. The van der Waals surface area contributed by atoms with Gasteiger partial charge in [-0.2, -0.15) is 0 Å². The van der Waals surface area contributed by atoms with Gasteiger partial charge in [0.15, 0.2) is 0 Å². The van der Waals surface area contributed by atoms with Crippen LogP contribution in [0, 0.1) is 0 Å². The summed E-state index contributed by atoms with van der Waals surface area (Å²) in [7, 11) is 0. The Labute approximate surface area is 106 Å². The molecule has 0 spiro atoms. The van der Waals surface area contributed by atoms with Gasteiger partial charge < -0.3 is 10.5 Å². The molecule has 5 heteroatoms. The third-order valence-corrected chi connectivity index (χ3v) is 3.42. The first-order valence-corrected chi connectivity index (χ1v) is 6.47. The molecule has 0 radical (unpaired) electrons. The van der Waals surface area contributed by atoms with Crippen molar-refractivity contribution in [3.63, 3.8) is 0 Å². The van der Waals surface area contributed by atoms with Crippen molar-refractivity contribution in [3.05, 3.63) is 44.8 Å². The van der Waals surface area contributed by atoms with Crippen LogP contribution in [0.4, 0.5) is 0 Å². The number of nitrogens with zero attached hydrogens (tertiary/aromatic N) is 1. The van der Waals surface area contributed by atoms with Gasteiger partial charge in [-0.3, -0.25) is 0 Å². The second kappa shape index (κ2) is 5.43. The average Bonchev–Trinajstić information content (AvgIpc) is 2.76. The summed E-state index contributed by atoms with van der Waals surface area (Å²) in [5.41, 5.74) is 6.41. The molecule has 2 rings (SSSR count). The van der Waals surface area contributed by atoms with Gasteiger partial charge in [0.2, 0.25) is 0 Å². The number of aromatic nitrogens is 1. The zero-order valence-electron chi connectivity index (χ0n) is 8.52. The van der Waals surface area contributed by atoms with E-state index in [4.69, 9.17) is 10.5 Å². The number of halogens is 1. The highest BCUT2D eigenvalue weighted by Crippen LogP contribution is 2.18. The molecule has 0 amide bonds. The van der Waals surface area contributed by atoms with Gasteiger partial charge in [0.05, 0.1) is 5.69 Å². The molecule has 1 heterocycles. The van der Waals surface area contributed by atoms with E-state index < -0.39 is 0 Å². The molecule has 0 aliphatic carbocycles. The lowest BCUT2D eigenvalue weighted by Crippen LogP contribution is -1.98. The number of thiazole rings is 1. The molecule has 84 valence electrons. The maximum absolute atomic E-state index is 5.59. The van der Waals surface area contributed by atoms with E-state index in [0.717, 1.165) is 20.9 Å². The number of hydrogen-bond acceptors (Lipinski definition) is 4. The number of nitrogens with two attached hydrogens (primary N) is 1. The summed E-state index contributed by atoms with van der Waals surface area (Å²) < 4.78 is 6.63. The van der Waals surface area contributed by atoms with Gasteiger partial charge in [0.1, 0.15) is 17.4 Å². The Kier molecular flexibility index (Phi) is 3.93. The predicted octanol–water partition coefficient (Wildman–Crippen LogP) is 2.94. The quantitative estimate of drug-likeness (QED) is 0.944. The minimum atomic E-state index is 0.484. The zero-order valence-corrected chi connectivity index (χ0v) is 10.9. The minimum absolute atomic E-state index is 0.484. The van der Waals surface area contributed by atoms with Crippen LogP contribution in [0.2, 0.25) is 0 Å². The zero-order chi connectivity index (χ0) is 11.4. The van der Waals surface area contributed by atoms with E-state index in [1.165, 1.54) is 0 Å². The molecular weight excluding hydrogens is 288 g/mol. The van der Waals surface area contributed by atoms with Crippen LogP contribution in [0.15, 0.2) is 34.1 Å². The Bertz CT molecular complexity index is 455. The largest absolute Gasteiger partial charge is 0.487 e. The summed E-state index contributed by atoms with van der Waals surface area (Å²) in [5.74, 6) is 0.838. The standard InChI is InChI=1S/C11H11BrN2OS/c12-8-1-3-10(4-2-8)15-6-9-7-16-11(5-13)14-9/h1-4,7H,5-6,13H2. The number of ether oxygens (including phenoxy) is 1. The van der Waals surface area contributed by atoms with Crippen LogP contribution in [0.1, 0.15) is 10.7 Å². The van der Waals surface area contributed by atoms with E-state index in [-0.39, 0.29) is 0 Å². The molecule has 0 unspecified atom stereocenters. The second-order valence-electron chi connectivity index (χ2n) is 3.18. The Morgan fingerprint density at radius 2 is 2.06 bits per heavy atom. The first-order valence-electron chi connectivity index (χ1n) is 4.79. The summed E-state index contributed by atoms with van der Waals surface area (Å²) in [6.07, 6.45) is 0. The molecule has 2 N–H and O–H groups in total. The van der Waals surface area contributed by atoms with Crippen LogP contribution in [0.25, 0.3) is 0 Å². The van der Waals surface area contributed by atoms with E-state index in [2.05, 4.69) is 20.9 Å². The summed E-state index contributed by atoms with van der Waals surface area (Å²) in [5, 5.41) is 2.91. The Morgan fingerprint density at radius 1 is 1.31 bits per heavy atom. The minimum Gasteiger partial charge on any atom is -0.487 e. The summed E-state index contributed by atoms with van der Waals surface area (Å²) in [6.45, 7) is 0.973. The third kappa shape index (κ3) is 3.04. The fourth-order valence-electron chi connectivity index (χ4n) is 1.20. The van der Waals surface area contributed by atoms with Gasteiger partial charge in [0.25, 0.3) is 0 Å². The highest BCUT2D eigenvalue weighted by atomic mass is 79.9. The highest BCUT2D eigenvalue weighted by Gasteiger charge is 2.01. The van der Waals surface area contributed by atoms with Crippen molar-refractivity contribution in [1.82, 2.24) is 4.98 Å². The molecule has 0 atom stereocenters. The fraction of sp³-hybridized carbons (Fsp3) is 0.182. The molecule has 0 fully saturated rings. The van der Waals surface area contributed by atoms with Crippen LogP contribution in [0.3, 0.4) is 0 Å². The molecule has 16 heavy (non-hydrogen) atoms. The van der Waals surface area contributed by atoms with Crippen LogP contribution in [-0.2, 0) is 13.2 Å². The van der Waals surface area contributed by atoms with Crippen LogP contribution in [0.5, 0.6) is 5.75 Å². The van der Waals surface area contributed by atoms with E-state index in [1.807, 2.05) is 29.6 Å². The average molecular weight is 299 g/mol. The van der Waals surface area contributed by atoms with E-state index in [0.29, 0.717) is 13.2 Å². The van der Waals surface area contributed by atoms with E-state index in [9.17, 15) is 0 Å². The van der Waals surface area contributed by atoms with Crippen molar-refractivity contribution >= 4 is 27.3 Å². The Balaban J connectivity index is 1.94. The molecule has 1 aromatic heterocycles. The highest BCUT2D eigenvalue weighted by molar-refractivity contribution is 9.10. The lowest BCUT2D eigenvalue weighted by atomic mass is 10.3. The van der Waals surface area contributed by atoms with Gasteiger partial charge in [0, 0.05) is 16.4 Å². The lowest BCUT2D eigenvalue weighted by molar-refractivity contribution is 0.302. The van der Waals surface area contributed by atoms with Crippen molar-refractivity contribution in [3.8, 4) is 5.75 Å². The summed E-state index contributed by atoms with van der Waals surface area (Å²) >= 11 is 4.94. The molecule has 3 nitrogen and oxygen atoms in total. The van der Waals surface area contributed by atoms with Gasteiger partial charge in [-0.15, -0.1) is 11.3 Å². The van der Waals surface area contributed by atoms with Gasteiger partial charge in [-0.05, 0) is 24.3 Å². The predicted molar refractivity (Wildman–Crippen MR) is 68.5 cm³/mol. The van der Waals surface area contributed by atoms with Crippen LogP contribution >= 0.6 is 27.3 Å². The normalized spacial score (nSPS) is 10.4. The second-order valence-corrected chi connectivity index (χ2v) is 5.04. The van der Waals surface area contributed by atoms with E-state index in [1.54, 1.807) is 11.3 Å². The molecule has 0 saturated carbocycles. The molecule has 2 aromatic rings. The van der Waals surface area contributed by atoms with Crippen molar-refractivity contribution in [1.29, 1.82) is 0 Å². The maximum atomic E-state index is 5.59. The smallest absolute Gasteiger partial charge is 0.131 e. The number of hydrogen-bond donors (Lipinski definition) is 1. The lowest BCUT2D eigenvalue weighted by Gasteiger charge is -2.03. The van der Waals surface area contributed by atoms with Gasteiger partial charge >= 0.3 is 0 Å². The fourth-order valence-corrected chi connectivity index (χ4v) is 2.12. The first kappa shape index (κ1) is 11.6. The van der Waals surface area contributed by atoms with Crippen molar-refractivity contribution in [2.24, 2.45) is 5.73 Å². The van der Waals surface area contributed by atoms with Crippen LogP contribution < -0.4 is 10.5 Å². The maximum Gasteiger partial charge on any atom is 0.131 e. The van der Waals surface area contributed by atoms with Crippen molar-refractivity contribution in [2.75, 3.05) is 0 Å². The van der Waals surface area contributed by atoms with E-state index >= 15 is 0 Å². The Morgan fingerprint density at radius 3 is 2.69 bits per heavy atom. The molecular formula is C11H11BrN2OS.